The minimum atomic E-state index is -3.89. The highest BCUT2D eigenvalue weighted by Crippen LogP contribution is 2.49. The van der Waals surface area contributed by atoms with Gasteiger partial charge in [-0.25, -0.2) is 9.88 Å². The van der Waals surface area contributed by atoms with E-state index in [9.17, 15) is 14.7 Å². The van der Waals surface area contributed by atoms with Crippen molar-refractivity contribution in [1.29, 1.82) is 0 Å². The number of nitrogen functional groups attached to an aromatic ring is 1. The summed E-state index contributed by atoms with van der Waals surface area (Å²) in [6.07, 6.45) is -5.58. The van der Waals surface area contributed by atoms with Gasteiger partial charge in [0, 0.05) is 11.6 Å². The molecule has 1 unspecified atom stereocenters. The number of nitrogens with one attached hydrogen (secondary N) is 1. The van der Waals surface area contributed by atoms with Crippen LogP contribution in [0, 0.1) is 0 Å². The molecule has 11 nitrogen and oxygen atoms in total. The van der Waals surface area contributed by atoms with Crippen LogP contribution in [0.2, 0.25) is 0 Å². The van der Waals surface area contributed by atoms with Crippen molar-refractivity contribution < 1.29 is 37.2 Å². The van der Waals surface area contributed by atoms with Crippen LogP contribution in [0.15, 0.2) is 59.5 Å². The number of hydrogen-bond donors (Lipinski definition) is 3. The van der Waals surface area contributed by atoms with Crippen LogP contribution in [0.5, 0.6) is 5.75 Å². The number of rotatable bonds is 10. The first-order chi connectivity index (χ1) is 18.8. The molecule has 4 N–H and O–H groups in total. The second-order valence-corrected chi connectivity index (χ2v) is 12.5. The zero-order valence-electron chi connectivity index (χ0n) is 21.8. The third-order valence-corrected chi connectivity index (χ3v) is 8.40. The van der Waals surface area contributed by atoms with Crippen LogP contribution < -0.4 is 21.0 Å². The molecule has 3 aromatic rings. The first kappa shape index (κ1) is 30.0. The minimum Gasteiger partial charge on any atom is -0.462 e. The van der Waals surface area contributed by atoms with Crippen LogP contribution in [0.1, 0.15) is 27.0 Å². The van der Waals surface area contributed by atoms with E-state index < -0.39 is 61.4 Å². The standard InChI is InChI=1S/C25H29F2N4O7PS/c1-14(2)36-22(33)15(3)30-39(40,38-18-10-6-8-16-7-4-5-9-17(16)18)35-13-19-21(32)25(26,27)23(37-19)31-12-11-20(28)29-24(31)34/h4-12,14-15,19,21,23,32H,13H2,1-3H3,(H,30,40)(H2,28,29,34)/t15-,19+,21+,23+,39?/m0/s1. The number of benzene rings is 2. The number of fused-ring (bicyclic) bond motifs is 1. The fourth-order valence-electron chi connectivity index (χ4n) is 4.00. The molecule has 1 saturated heterocycles. The number of hydrogen-bond acceptors (Lipinski definition) is 10. The molecule has 0 bridgehead atoms. The van der Waals surface area contributed by atoms with Crippen LogP contribution in [0.3, 0.4) is 0 Å². The molecule has 2 aromatic carbocycles. The van der Waals surface area contributed by atoms with E-state index in [1.54, 1.807) is 38.1 Å². The molecule has 0 amide bonds. The van der Waals surface area contributed by atoms with Crippen molar-refractivity contribution in [2.24, 2.45) is 0 Å². The second kappa shape index (κ2) is 11.9. The maximum Gasteiger partial charge on any atom is 0.351 e. The van der Waals surface area contributed by atoms with E-state index in [4.69, 9.17) is 36.1 Å². The number of halogens is 2. The molecule has 0 saturated carbocycles. The van der Waals surface area contributed by atoms with Gasteiger partial charge in [0.1, 0.15) is 23.7 Å². The Bertz CT molecular complexity index is 1490. The van der Waals surface area contributed by atoms with Gasteiger partial charge in [-0.3, -0.25) is 9.36 Å². The quantitative estimate of drug-likeness (QED) is 0.234. The van der Waals surface area contributed by atoms with Crippen molar-refractivity contribution in [3.05, 3.63) is 65.2 Å². The molecule has 1 aromatic heterocycles. The minimum absolute atomic E-state index is 0.162. The molecule has 216 valence electrons. The second-order valence-electron chi connectivity index (χ2n) is 9.39. The number of alkyl halides is 2. The van der Waals surface area contributed by atoms with Crippen LogP contribution in [-0.4, -0.2) is 57.5 Å². The number of nitrogens with two attached hydrogens (primary N) is 1. The van der Waals surface area contributed by atoms with E-state index in [0.717, 1.165) is 17.6 Å². The molecule has 0 radical (unpaired) electrons. The molecule has 2 heterocycles. The summed E-state index contributed by atoms with van der Waals surface area (Å²) in [5.41, 5.74) is 4.36. The zero-order chi connectivity index (χ0) is 29.2. The number of carbonyl (C=O) groups is 1. The van der Waals surface area contributed by atoms with Crippen molar-refractivity contribution in [3.63, 3.8) is 0 Å². The van der Waals surface area contributed by atoms with Gasteiger partial charge >= 0.3 is 24.2 Å². The number of carbonyl (C=O) groups excluding carboxylic acids is 1. The molecular weight excluding hydrogens is 569 g/mol. The molecule has 1 aliphatic heterocycles. The predicted molar refractivity (Wildman–Crippen MR) is 146 cm³/mol. The Balaban J connectivity index is 1.59. The maximum absolute atomic E-state index is 15.0. The largest absolute Gasteiger partial charge is 0.462 e. The Kier molecular flexibility index (Phi) is 8.88. The lowest BCUT2D eigenvalue weighted by molar-refractivity contribution is -0.149. The molecule has 1 aliphatic rings. The summed E-state index contributed by atoms with van der Waals surface area (Å²) in [7, 11) is 0. The van der Waals surface area contributed by atoms with Gasteiger partial charge in [0.2, 0.25) is 6.23 Å². The zero-order valence-corrected chi connectivity index (χ0v) is 23.5. The van der Waals surface area contributed by atoms with Gasteiger partial charge in [0.25, 0.3) is 0 Å². The van der Waals surface area contributed by atoms with Gasteiger partial charge in [-0.1, -0.05) is 36.4 Å². The van der Waals surface area contributed by atoms with Gasteiger partial charge in [-0.05, 0) is 50.1 Å². The molecule has 0 spiro atoms. The smallest absolute Gasteiger partial charge is 0.351 e. The summed E-state index contributed by atoms with van der Waals surface area (Å²) < 4.78 is 53.1. The average Bonchev–Trinajstić information content (AvgIpc) is 3.11. The van der Waals surface area contributed by atoms with E-state index in [2.05, 4.69) is 10.1 Å². The Morgan fingerprint density at radius 3 is 2.65 bits per heavy atom. The summed E-state index contributed by atoms with van der Waals surface area (Å²) in [4.78, 5) is 28.1. The lowest BCUT2D eigenvalue weighted by Crippen LogP contribution is -2.42. The lowest BCUT2D eigenvalue weighted by atomic mass is 10.1. The Morgan fingerprint density at radius 2 is 1.95 bits per heavy atom. The first-order valence-electron chi connectivity index (χ1n) is 12.3. The van der Waals surface area contributed by atoms with Crippen LogP contribution in [-0.2, 0) is 30.6 Å². The molecule has 15 heteroatoms. The predicted octanol–water partition coefficient (Wildman–Crippen LogP) is 3.12. The van der Waals surface area contributed by atoms with Crippen LogP contribution in [0.4, 0.5) is 14.6 Å². The molecular formula is C25H29F2N4O7PS. The molecule has 5 atom stereocenters. The Labute approximate surface area is 233 Å². The number of aliphatic hydroxyl groups is 1. The molecule has 1 fully saturated rings. The first-order valence-corrected chi connectivity index (χ1v) is 14.9. The Morgan fingerprint density at radius 1 is 1.25 bits per heavy atom. The highest BCUT2D eigenvalue weighted by molar-refractivity contribution is 8.09. The highest BCUT2D eigenvalue weighted by Gasteiger charge is 2.60. The summed E-state index contributed by atoms with van der Waals surface area (Å²) >= 11 is 5.69. The molecule has 40 heavy (non-hydrogen) atoms. The van der Waals surface area contributed by atoms with Crippen molar-refractivity contribution in [2.75, 3.05) is 12.3 Å². The van der Waals surface area contributed by atoms with Gasteiger partial charge in [-0.2, -0.15) is 13.8 Å². The van der Waals surface area contributed by atoms with E-state index in [1.807, 2.05) is 18.2 Å². The van der Waals surface area contributed by atoms with Crippen molar-refractivity contribution >= 4 is 41.0 Å². The summed E-state index contributed by atoms with van der Waals surface area (Å²) in [5, 5.41) is 14.8. The summed E-state index contributed by atoms with van der Waals surface area (Å²) in [6.45, 7) is 0.517. The number of esters is 1. The third kappa shape index (κ3) is 6.48. The van der Waals surface area contributed by atoms with E-state index in [-0.39, 0.29) is 5.82 Å². The summed E-state index contributed by atoms with van der Waals surface area (Å²) in [6, 6.07) is 12.7. The lowest BCUT2D eigenvalue weighted by Gasteiger charge is -2.28. The van der Waals surface area contributed by atoms with Crippen molar-refractivity contribution in [3.8, 4) is 5.75 Å². The monoisotopic (exact) mass is 598 g/mol. The topological polar surface area (TPSA) is 147 Å². The third-order valence-electron chi connectivity index (χ3n) is 5.92. The number of nitrogens with zero attached hydrogens (tertiary/aromatic N) is 2. The van der Waals surface area contributed by atoms with E-state index >= 15 is 8.78 Å². The number of anilines is 1. The number of ether oxygens (including phenoxy) is 2. The van der Waals surface area contributed by atoms with E-state index in [1.165, 1.54) is 6.92 Å². The molecule has 0 aliphatic carbocycles. The maximum atomic E-state index is 15.0. The fourth-order valence-corrected chi connectivity index (χ4v) is 6.42. The highest BCUT2D eigenvalue weighted by atomic mass is 32.5. The normalized spacial score (nSPS) is 22.6. The van der Waals surface area contributed by atoms with Gasteiger partial charge in [-0.15, -0.1) is 0 Å². The van der Waals surface area contributed by atoms with Crippen LogP contribution in [0.25, 0.3) is 10.8 Å². The Hall–Kier alpha value is -3.00. The fraction of sp³-hybridized carbons (Fsp3) is 0.400. The van der Waals surface area contributed by atoms with Gasteiger partial charge in [0.05, 0.1) is 12.7 Å². The SMILES string of the molecule is CC(C)OC(=O)[C@H](C)NP(=S)(OC[C@H]1O[C@@H](n2ccc(N)nc2=O)C(F)(F)[C@@H]1O)Oc1cccc2ccccc12. The van der Waals surface area contributed by atoms with Crippen LogP contribution >= 0.6 is 6.64 Å². The summed E-state index contributed by atoms with van der Waals surface area (Å²) in [5.74, 6) is -4.36. The number of aliphatic hydroxyl groups excluding tert-OH is 1. The van der Waals surface area contributed by atoms with Gasteiger partial charge < -0.3 is 29.4 Å². The van der Waals surface area contributed by atoms with Gasteiger partial charge in [0.15, 0.2) is 6.10 Å². The van der Waals surface area contributed by atoms with Crippen molar-refractivity contribution in [2.45, 2.75) is 57.3 Å². The van der Waals surface area contributed by atoms with E-state index in [0.29, 0.717) is 15.7 Å². The van der Waals surface area contributed by atoms with Crippen molar-refractivity contribution in [1.82, 2.24) is 14.6 Å². The molecule has 4 rings (SSSR count). The average molecular weight is 599 g/mol. The number of aromatic nitrogens is 2.